The van der Waals surface area contributed by atoms with Gasteiger partial charge in [-0.05, 0) is 25.0 Å². The van der Waals surface area contributed by atoms with E-state index in [-0.39, 0.29) is 11.6 Å². The smallest absolute Gasteiger partial charge is 0.272 e. The summed E-state index contributed by atoms with van der Waals surface area (Å²) < 4.78 is 10.4. The quantitative estimate of drug-likeness (QED) is 0.849. The van der Waals surface area contributed by atoms with E-state index in [1.807, 2.05) is 0 Å². The van der Waals surface area contributed by atoms with Crippen molar-refractivity contribution in [1.29, 1.82) is 0 Å². The molecule has 1 fully saturated rings. The molecule has 0 atom stereocenters. The lowest BCUT2D eigenvalue weighted by molar-refractivity contribution is 0.0787. The summed E-state index contributed by atoms with van der Waals surface area (Å²) in [6.07, 6.45) is 3.44. The molecule has 1 aliphatic rings. The number of halogens is 1. The Morgan fingerprint density at radius 2 is 1.81 bits per heavy atom. The molecule has 3 rings (SSSR count). The van der Waals surface area contributed by atoms with Crippen molar-refractivity contribution in [2.24, 2.45) is 0 Å². The van der Waals surface area contributed by atoms with Crippen molar-refractivity contribution in [2.75, 3.05) is 32.6 Å². The third-order valence-corrected chi connectivity index (χ3v) is 4.65. The minimum Gasteiger partial charge on any atom is -0.495 e. The summed E-state index contributed by atoms with van der Waals surface area (Å²) in [5.74, 6) is 0.257. The van der Waals surface area contributed by atoms with E-state index in [0.29, 0.717) is 27.8 Å². The van der Waals surface area contributed by atoms with Crippen LogP contribution in [-0.4, -0.2) is 49.0 Å². The maximum absolute atomic E-state index is 12.7. The molecule has 2 amide bonds. The Kier molecular flexibility index (Phi) is 5.81. The molecule has 0 radical (unpaired) electrons. The van der Waals surface area contributed by atoms with Gasteiger partial charge in [-0.3, -0.25) is 14.6 Å². The first kappa shape index (κ1) is 19.0. The van der Waals surface area contributed by atoms with Crippen LogP contribution in [0.3, 0.4) is 0 Å². The highest BCUT2D eigenvalue weighted by molar-refractivity contribution is 6.32. The number of carbonyl (C=O) groups is 2. The number of amides is 2. The molecule has 1 aliphatic heterocycles. The van der Waals surface area contributed by atoms with E-state index in [1.54, 1.807) is 23.1 Å². The molecular weight excluding hydrogens is 370 g/mol. The molecule has 0 unspecified atom stereocenters. The summed E-state index contributed by atoms with van der Waals surface area (Å²) in [4.78, 5) is 31.0. The number of nitrogens with zero attached hydrogens (tertiary/aromatic N) is 2. The van der Waals surface area contributed by atoms with Crippen LogP contribution in [0, 0.1) is 0 Å². The number of nitrogens with one attached hydrogen (secondary N) is 1. The zero-order valence-electron chi connectivity index (χ0n) is 15.1. The van der Waals surface area contributed by atoms with Gasteiger partial charge in [-0.1, -0.05) is 11.6 Å². The fourth-order valence-electron chi connectivity index (χ4n) is 2.92. The average Bonchev–Trinajstić information content (AvgIpc) is 3.23. The van der Waals surface area contributed by atoms with E-state index >= 15 is 0 Å². The van der Waals surface area contributed by atoms with Crippen molar-refractivity contribution in [1.82, 2.24) is 9.88 Å². The molecular formula is C19H20ClN3O4. The molecule has 27 heavy (non-hydrogen) atoms. The number of carbonyl (C=O) groups excluding carboxylic acids is 2. The van der Waals surface area contributed by atoms with Crippen molar-refractivity contribution >= 4 is 29.1 Å². The highest BCUT2D eigenvalue weighted by Crippen LogP contribution is 2.36. The van der Waals surface area contributed by atoms with Gasteiger partial charge in [0, 0.05) is 37.0 Å². The fourth-order valence-corrected chi connectivity index (χ4v) is 3.15. The first-order chi connectivity index (χ1) is 13.0. The molecule has 1 saturated heterocycles. The zero-order valence-corrected chi connectivity index (χ0v) is 15.9. The van der Waals surface area contributed by atoms with Gasteiger partial charge < -0.3 is 19.7 Å². The van der Waals surface area contributed by atoms with E-state index in [9.17, 15) is 9.59 Å². The number of anilines is 1. The summed E-state index contributed by atoms with van der Waals surface area (Å²) in [5, 5.41) is 3.13. The summed E-state index contributed by atoms with van der Waals surface area (Å²) in [6, 6.07) is 6.19. The number of hydrogen-bond acceptors (Lipinski definition) is 5. The van der Waals surface area contributed by atoms with E-state index in [2.05, 4.69) is 10.3 Å². The monoisotopic (exact) mass is 389 g/mol. The summed E-state index contributed by atoms with van der Waals surface area (Å²) in [6.45, 7) is 1.44. The molecule has 1 aromatic heterocycles. The van der Waals surface area contributed by atoms with Crippen LogP contribution < -0.4 is 14.8 Å². The van der Waals surface area contributed by atoms with Gasteiger partial charge >= 0.3 is 0 Å². The van der Waals surface area contributed by atoms with Crippen LogP contribution in [0.15, 0.2) is 30.5 Å². The van der Waals surface area contributed by atoms with E-state index in [4.69, 9.17) is 21.1 Å². The standard InChI is InChI=1S/C19H20ClN3O4/c1-26-16-11-14(17(27-2)10-13(16)20)22-18(24)12-5-6-21-15(9-12)19(25)23-7-3-4-8-23/h5-6,9-11H,3-4,7-8H2,1-2H3,(H,22,24). The highest BCUT2D eigenvalue weighted by atomic mass is 35.5. The van der Waals surface area contributed by atoms with Gasteiger partial charge in [0.25, 0.3) is 11.8 Å². The van der Waals surface area contributed by atoms with E-state index < -0.39 is 5.91 Å². The molecule has 1 aromatic carbocycles. The van der Waals surface area contributed by atoms with Crippen LogP contribution >= 0.6 is 11.6 Å². The van der Waals surface area contributed by atoms with Gasteiger partial charge in [0.1, 0.15) is 17.2 Å². The Hall–Kier alpha value is -2.80. The van der Waals surface area contributed by atoms with E-state index in [1.165, 1.54) is 26.5 Å². The maximum Gasteiger partial charge on any atom is 0.272 e. The molecule has 2 aromatic rings. The Bertz CT molecular complexity index is 866. The molecule has 7 nitrogen and oxygen atoms in total. The van der Waals surface area contributed by atoms with Crippen molar-refractivity contribution in [2.45, 2.75) is 12.8 Å². The first-order valence-electron chi connectivity index (χ1n) is 8.51. The lowest BCUT2D eigenvalue weighted by Crippen LogP contribution is -2.28. The van der Waals surface area contributed by atoms with Gasteiger partial charge in [-0.15, -0.1) is 0 Å². The van der Waals surface area contributed by atoms with Gasteiger partial charge in [-0.25, -0.2) is 0 Å². The second-order valence-corrected chi connectivity index (χ2v) is 6.48. The molecule has 142 valence electrons. The number of pyridine rings is 1. The minimum absolute atomic E-state index is 0.159. The van der Waals surface area contributed by atoms with E-state index in [0.717, 1.165) is 25.9 Å². The number of aromatic nitrogens is 1. The molecule has 0 aliphatic carbocycles. The maximum atomic E-state index is 12.7. The second-order valence-electron chi connectivity index (χ2n) is 6.07. The summed E-state index contributed by atoms with van der Waals surface area (Å²) in [7, 11) is 2.96. The number of hydrogen-bond donors (Lipinski definition) is 1. The number of likely N-dealkylation sites (tertiary alicyclic amines) is 1. The number of benzene rings is 1. The third kappa shape index (κ3) is 4.14. The number of ether oxygens (including phenoxy) is 2. The first-order valence-corrected chi connectivity index (χ1v) is 8.89. The van der Waals surface area contributed by atoms with Crippen LogP contribution in [0.1, 0.15) is 33.7 Å². The topological polar surface area (TPSA) is 80.8 Å². The van der Waals surface area contributed by atoms with Crippen LogP contribution in [0.4, 0.5) is 5.69 Å². The Morgan fingerprint density at radius 1 is 1.11 bits per heavy atom. The summed E-state index contributed by atoms with van der Waals surface area (Å²) in [5.41, 5.74) is 0.988. The number of methoxy groups -OCH3 is 2. The van der Waals surface area contributed by atoms with Crippen molar-refractivity contribution in [3.63, 3.8) is 0 Å². The average molecular weight is 390 g/mol. The normalized spacial score (nSPS) is 13.4. The SMILES string of the molecule is COc1cc(NC(=O)c2ccnc(C(=O)N3CCCC3)c2)c(OC)cc1Cl. The lowest BCUT2D eigenvalue weighted by Gasteiger charge is -2.15. The van der Waals surface area contributed by atoms with Crippen LogP contribution in [0.5, 0.6) is 11.5 Å². The fraction of sp³-hybridized carbons (Fsp3) is 0.316. The van der Waals surface area contributed by atoms with Crippen LogP contribution in [-0.2, 0) is 0 Å². The Balaban J connectivity index is 1.82. The zero-order chi connectivity index (χ0) is 19.4. The van der Waals surface area contributed by atoms with Gasteiger partial charge in [0.15, 0.2) is 0 Å². The van der Waals surface area contributed by atoms with Crippen molar-refractivity contribution in [3.05, 3.63) is 46.7 Å². The van der Waals surface area contributed by atoms with Crippen LogP contribution in [0.2, 0.25) is 5.02 Å². The Labute approximate surface area is 162 Å². The van der Waals surface area contributed by atoms with Gasteiger partial charge in [0.05, 0.1) is 24.9 Å². The minimum atomic E-state index is -0.393. The van der Waals surface area contributed by atoms with Crippen LogP contribution in [0.25, 0.3) is 0 Å². The Morgan fingerprint density at radius 3 is 2.48 bits per heavy atom. The second kappa shape index (κ2) is 8.26. The lowest BCUT2D eigenvalue weighted by atomic mass is 10.2. The molecule has 1 N–H and O–H groups in total. The van der Waals surface area contributed by atoms with Gasteiger partial charge in [-0.2, -0.15) is 0 Å². The van der Waals surface area contributed by atoms with Gasteiger partial charge in [0.2, 0.25) is 0 Å². The highest BCUT2D eigenvalue weighted by Gasteiger charge is 2.22. The predicted molar refractivity (Wildman–Crippen MR) is 102 cm³/mol. The summed E-state index contributed by atoms with van der Waals surface area (Å²) >= 11 is 6.08. The molecule has 8 heteroatoms. The van der Waals surface area contributed by atoms with Crippen molar-refractivity contribution < 1.29 is 19.1 Å². The third-order valence-electron chi connectivity index (χ3n) is 4.36. The van der Waals surface area contributed by atoms with Crippen molar-refractivity contribution in [3.8, 4) is 11.5 Å². The predicted octanol–water partition coefficient (Wildman–Crippen LogP) is 3.24. The molecule has 2 heterocycles. The molecule has 0 spiro atoms. The molecule has 0 saturated carbocycles. The largest absolute Gasteiger partial charge is 0.495 e. The number of rotatable bonds is 5. The molecule has 0 bridgehead atoms.